The highest BCUT2D eigenvalue weighted by Gasteiger charge is 2.64. The summed E-state index contributed by atoms with van der Waals surface area (Å²) in [4.78, 5) is 58.2. The fraction of sp³-hybridized carbons (Fsp3) is 0.515. The number of H-pyrrole nitrogens is 1. The van der Waals surface area contributed by atoms with Gasteiger partial charge in [0, 0.05) is 53.8 Å². The highest BCUT2D eigenvalue weighted by atomic mass is 32.2. The van der Waals surface area contributed by atoms with Crippen LogP contribution in [0.4, 0.5) is 0 Å². The molecule has 0 radical (unpaired) electrons. The summed E-state index contributed by atoms with van der Waals surface area (Å²) in [7, 11) is 0. The van der Waals surface area contributed by atoms with Crippen molar-refractivity contribution in [1.82, 2.24) is 20.7 Å². The van der Waals surface area contributed by atoms with Crippen molar-refractivity contribution in [1.29, 1.82) is 0 Å². The van der Waals surface area contributed by atoms with Gasteiger partial charge in [-0.1, -0.05) is 6.92 Å². The molecule has 4 atom stereocenters. The zero-order valence-corrected chi connectivity index (χ0v) is 27.2. The van der Waals surface area contributed by atoms with Crippen molar-refractivity contribution in [3.05, 3.63) is 61.7 Å². The Balaban J connectivity index is 1.35. The van der Waals surface area contributed by atoms with E-state index in [9.17, 15) is 29.4 Å². The number of hydrogen-bond acceptors (Lipinski definition) is 6. The van der Waals surface area contributed by atoms with Crippen LogP contribution in [0.15, 0.2) is 39.1 Å². The van der Waals surface area contributed by atoms with Gasteiger partial charge < -0.3 is 25.8 Å². The Kier molecular flexibility index (Phi) is 8.01. The van der Waals surface area contributed by atoms with E-state index in [1.54, 1.807) is 0 Å². The summed E-state index contributed by atoms with van der Waals surface area (Å²) in [6, 6.07) is -0.312. The molecule has 5 aliphatic heterocycles. The zero-order valence-electron chi connectivity index (χ0n) is 26.3. The van der Waals surface area contributed by atoms with Crippen molar-refractivity contribution in [2.45, 2.75) is 103 Å². The van der Waals surface area contributed by atoms with E-state index in [-0.39, 0.29) is 36.7 Å². The van der Waals surface area contributed by atoms with E-state index in [0.29, 0.717) is 37.4 Å². The number of carbonyl (C=O) groups is 4. The Morgan fingerprint density at radius 3 is 2.31 bits per heavy atom. The lowest BCUT2D eigenvalue weighted by atomic mass is 9.92. The first-order valence-electron chi connectivity index (χ1n) is 15.6. The summed E-state index contributed by atoms with van der Waals surface area (Å²) in [6.45, 7) is 9.76. The minimum atomic E-state index is -0.900. The second-order valence-corrected chi connectivity index (χ2v) is 14.0. The van der Waals surface area contributed by atoms with Gasteiger partial charge in [-0.15, -0.1) is 0 Å². The summed E-state index contributed by atoms with van der Waals surface area (Å²) in [6.07, 6.45) is 4.17. The smallest absolute Gasteiger partial charge is 0.303 e. The van der Waals surface area contributed by atoms with Crippen LogP contribution in [0.25, 0.3) is 6.08 Å². The van der Waals surface area contributed by atoms with Gasteiger partial charge in [-0.2, -0.15) is 0 Å². The van der Waals surface area contributed by atoms with Crippen molar-refractivity contribution >= 4 is 41.6 Å². The number of aromatic amines is 1. The molecule has 0 unspecified atom stereocenters. The molecular formula is C33H41N4O7S+. The van der Waals surface area contributed by atoms with Crippen LogP contribution in [0.1, 0.15) is 82.3 Å². The van der Waals surface area contributed by atoms with Crippen LogP contribution in [0.5, 0.6) is 0 Å². The van der Waals surface area contributed by atoms with Gasteiger partial charge in [0.1, 0.15) is 0 Å². The van der Waals surface area contributed by atoms with Crippen LogP contribution in [0.2, 0.25) is 0 Å². The molecule has 0 bridgehead atoms. The number of nitrogens with one attached hydrogen (secondary N) is 3. The van der Waals surface area contributed by atoms with Gasteiger partial charge in [-0.25, -0.2) is 9.90 Å². The maximum atomic E-state index is 12.6. The van der Waals surface area contributed by atoms with Gasteiger partial charge in [0.2, 0.25) is 17.5 Å². The number of aliphatic carboxylic acids is 2. The molecule has 0 aromatic carbocycles. The van der Waals surface area contributed by atoms with Crippen LogP contribution >= 0.6 is 0 Å². The van der Waals surface area contributed by atoms with Crippen LogP contribution in [0.3, 0.4) is 0 Å². The fourth-order valence-corrected chi connectivity index (χ4v) is 8.22. The zero-order chi connectivity index (χ0) is 32.4. The molecule has 0 spiro atoms. The number of aromatic nitrogens is 1. The molecular weight excluding hydrogens is 596 g/mol. The van der Waals surface area contributed by atoms with E-state index in [0.717, 1.165) is 61.8 Å². The predicted molar refractivity (Wildman–Crippen MR) is 170 cm³/mol. The van der Waals surface area contributed by atoms with Gasteiger partial charge in [0.15, 0.2) is 11.0 Å². The van der Waals surface area contributed by atoms with Crippen LogP contribution in [-0.4, -0.2) is 72.8 Å². The highest BCUT2D eigenvalue weighted by molar-refractivity contribution is 7.87. The van der Waals surface area contributed by atoms with Crippen LogP contribution in [-0.2, 0) is 48.6 Å². The summed E-state index contributed by atoms with van der Waals surface area (Å²) in [5, 5.41) is 27.5. The van der Waals surface area contributed by atoms with Gasteiger partial charge in [0.05, 0.1) is 17.8 Å². The molecule has 2 amide bonds. The number of allylic oxidation sites excluding steroid dienone is 1. The number of rotatable bonds is 13. The quantitative estimate of drug-likeness (QED) is 0.125. The Morgan fingerprint density at radius 2 is 1.69 bits per heavy atom. The second kappa shape index (κ2) is 11.5. The Hall–Kier alpha value is -3.77. The second-order valence-electron chi connectivity index (χ2n) is 12.6. The number of carbonyl (C=O) groups excluding carboxylic acids is 2. The molecule has 5 aliphatic rings. The molecule has 0 saturated carbocycles. The van der Waals surface area contributed by atoms with E-state index in [4.69, 9.17) is 4.84 Å². The first kappa shape index (κ1) is 31.2. The van der Waals surface area contributed by atoms with E-state index in [2.05, 4.69) is 15.6 Å². The SMILES string of the molecule is CCC1=C(C)[C@@H](C[C@]23ON2/C(=C\c2[nH]c(C[C@@H]4NC(=O)C(C)=C4[C@@H]4C[SH+]4)c(C)c2CCC(=O)O)C(CCC(=O)O)=C3C)NC1=O. The average molecular weight is 638 g/mol. The fourth-order valence-electron chi connectivity index (χ4n) is 7.34. The van der Waals surface area contributed by atoms with E-state index >= 15 is 0 Å². The van der Waals surface area contributed by atoms with Crippen LogP contribution in [0, 0.1) is 6.92 Å². The normalized spacial score (nSPS) is 28.0. The molecule has 6 rings (SSSR count). The lowest BCUT2D eigenvalue weighted by Crippen LogP contribution is -2.34. The third-order valence-electron chi connectivity index (χ3n) is 10.1. The molecule has 12 heteroatoms. The number of thiol groups is 1. The third-order valence-corrected chi connectivity index (χ3v) is 11.1. The molecule has 1 aromatic rings. The predicted octanol–water partition coefficient (Wildman–Crippen LogP) is 2.99. The number of nitrogens with zero attached hydrogens (tertiary/aromatic N) is 1. The molecule has 2 fully saturated rings. The first-order chi connectivity index (χ1) is 21.4. The van der Waals surface area contributed by atoms with Crippen molar-refractivity contribution in [3.63, 3.8) is 0 Å². The summed E-state index contributed by atoms with van der Waals surface area (Å²) in [5.41, 5.74) is 9.01. The van der Waals surface area contributed by atoms with Gasteiger partial charge >= 0.3 is 11.9 Å². The lowest BCUT2D eigenvalue weighted by Gasteiger charge is -2.16. The molecule has 5 N–H and O–H groups in total. The molecule has 1 aromatic heterocycles. The maximum Gasteiger partial charge on any atom is 0.303 e. The van der Waals surface area contributed by atoms with Crippen molar-refractivity contribution < 1.29 is 34.2 Å². The molecule has 6 heterocycles. The number of carboxylic acids is 2. The largest absolute Gasteiger partial charge is 0.481 e. The molecule has 45 heavy (non-hydrogen) atoms. The summed E-state index contributed by atoms with van der Waals surface area (Å²) < 4.78 is 0. The first-order valence-corrected chi connectivity index (χ1v) is 16.7. The maximum absolute atomic E-state index is 12.6. The van der Waals surface area contributed by atoms with E-state index < -0.39 is 17.7 Å². The van der Waals surface area contributed by atoms with Gasteiger partial charge in [-0.05, 0) is 92.6 Å². The molecule has 11 nitrogen and oxygen atoms in total. The Bertz CT molecular complexity index is 1650. The number of hydrogen-bond donors (Lipinski definition) is 5. The molecule has 0 aliphatic carbocycles. The van der Waals surface area contributed by atoms with E-state index in [1.165, 1.54) is 17.3 Å². The van der Waals surface area contributed by atoms with Gasteiger partial charge in [0.25, 0.3) is 0 Å². The van der Waals surface area contributed by atoms with Crippen molar-refractivity contribution in [2.24, 2.45) is 0 Å². The van der Waals surface area contributed by atoms with E-state index in [1.807, 2.05) is 45.8 Å². The summed E-state index contributed by atoms with van der Waals surface area (Å²) >= 11 is 1.33. The molecule has 240 valence electrons. The summed E-state index contributed by atoms with van der Waals surface area (Å²) in [5.74, 6) is -0.828. The Morgan fingerprint density at radius 1 is 1.02 bits per heavy atom. The van der Waals surface area contributed by atoms with Crippen molar-refractivity contribution in [2.75, 3.05) is 5.75 Å². The van der Waals surface area contributed by atoms with Gasteiger partial charge in [-0.3, -0.25) is 19.2 Å². The number of fused-ring (bicyclic) bond motifs is 1. The number of amides is 2. The standard InChI is InChI=1S/C33H40N4O7S/c1-6-19-15(2)25(36-32(19)43)13-33-18(5)21(8-10-29(40)41)26(37(33)44-33)12-23-20(7-9-28(38)39)16(3)22(34-23)11-24-30(27-14-45-27)17(4)31(42)35-24/h12,24-25,27,34H,6-11,13-14H2,1-5H3,(H,35,42)(H,36,43)(H,38,39)(H,40,41)/p+1/b26-12-/t24-,25+,27-,33+,37?/m0/s1. The minimum Gasteiger partial charge on any atom is -0.481 e. The molecule has 2 saturated heterocycles. The van der Waals surface area contributed by atoms with Crippen LogP contribution < -0.4 is 10.6 Å². The average Bonchev–Trinajstić information content (AvgIpc) is 3.85. The number of hydroxylamine groups is 2. The topological polar surface area (TPSA) is 164 Å². The Labute approximate surface area is 266 Å². The lowest BCUT2D eigenvalue weighted by molar-refractivity contribution is -0.138. The van der Waals surface area contributed by atoms with Crippen molar-refractivity contribution in [3.8, 4) is 0 Å². The minimum absolute atomic E-state index is 0.0333. The monoisotopic (exact) mass is 637 g/mol. The highest BCUT2D eigenvalue weighted by Crippen LogP contribution is 2.58. The number of carboxylic acid groups (broad SMARTS) is 2. The third kappa shape index (κ3) is 5.52.